The molecule has 0 aliphatic carbocycles. The predicted molar refractivity (Wildman–Crippen MR) is 122 cm³/mol. The Morgan fingerprint density at radius 2 is 1.30 bits per heavy atom. The number of hydrogen-bond donors (Lipinski definition) is 0. The van der Waals surface area contributed by atoms with Crippen molar-refractivity contribution in [2.75, 3.05) is 0 Å². The summed E-state index contributed by atoms with van der Waals surface area (Å²) < 4.78 is 2.19. The molecule has 0 aliphatic heterocycles. The van der Waals surface area contributed by atoms with Crippen LogP contribution in [-0.2, 0) is 6.54 Å². The number of carbonyl (C=O) groups excluding carboxylic acids is 1. The maximum Gasteiger partial charge on any atom is 0.152 e. The van der Waals surface area contributed by atoms with Gasteiger partial charge in [-0.2, -0.15) is 0 Å². The fraction of sp³-hybridized carbons (Fsp3) is 0.0370. The van der Waals surface area contributed by atoms with E-state index in [0.717, 1.165) is 28.7 Å². The van der Waals surface area contributed by atoms with E-state index in [1.807, 2.05) is 42.5 Å². The van der Waals surface area contributed by atoms with Crippen molar-refractivity contribution in [3.8, 4) is 22.5 Å². The van der Waals surface area contributed by atoms with E-state index in [1.54, 1.807) is 0 Å². The summed E-state index contributed by atoms with van der Waals surface area (Å²) in [6.45, 7) is 0.679. The molecule has 3 nitrogen and oxygen atoms in total. The molecule has 0 aliphatic rings. The van der Waals surface area contributed by atoms with Crippen molar-refractivity contribution >= 4 is 17.3 Å². The molecule has 0 fully saturated rings. The topological polar surface area (TPSA) is 34.9 Å². The third kappa shape index (κ3) is 3.31. The summed E-state index contributed by atoms with van der Waals surface area (Å²) in [6.07, 6.45) is 0.878. The van der Waals surface area contributed by atoms with Gasteiger partial charge in [0.15, 0.2) is 6.29 Å². The van der Waals surface area contributed by atoms with Crippen LogP contribution in [0.15, 0.2) is 103 Å². The zero-order chi connectivity index (χ0) is 20.3. The fourth-order valence-electron chi connectivity index (χ4n) is 3.85. The first-order valence-electron chi connectivity index (χ1n) is 9.98. The van der Waals surface area contributed by atoms with Crippen LogP contribution in [0.25, 0.3) is 33.5 Å². The normalized spacial score (nSPS) is 10.9. The van der Waals surface area contributed by atoms with E-state index in [4.69, 9.17) is 4.98 Å². The smallest absolute Gasteiger partial charge is 0.152 e. The van der Waals surface area contributed by atoms with Crippen molar-refractivity contribution in [1.82, 2.24) is 9.55 Å². The van der Waals surface area contributed by atoms with E-state index in [9.17, 15) is 4.79 Å². The molecule has 1 aromatic heterocycles. The minimum Gasteiger partial charge on any atom is -0.319 e. The summed E-state index contributed by atoms with van der Waals surface area (Å²) in [4.78, 5) is 16.4. The summed E-state index contributed by atoms with van der Waals surface area (Å²) in [7, 11) is 0. The zero-order valence-corrected chi connectivity index (χ0v) is 16.4. The van der Waals surface area contributed by atoms with Gasteiger partial charge in [0.25, 0.3) is 0 Å². The molecule has 1 heterocycles. The third-order valence-corrected chi connectivity index (χ3v) is 5.37. The fourth-order valence-corrected chi connectivity index (χ4v) is 3.85. The summed E-state index contributed by atoms with van der Waals surface area (Å²) in [5.41, 5.74) is 6.94. The van der Waals surface area contributed by atoms with Crippen LogP contribution in [0.1, 0.15) is 15.9 Å². The van der Waals surface area contributed by atoms with Gasteiger partial charge in [0.05, 0.1) is 11.0 Å². The summed E-state index contributed by atoms with van der Waals surface area (Å²) in [5, 5.41) is 0. The summed E-state index contributed by atoms with van der Waals surface area (Å²) in [5.74, 6) is 0.868. The van der Waals surface area contributed by atoms with Gasteiger partial charge in [0.2, 0.25) is 0 Å². The van der Waals surface area contributed by atoms with Crippen LogP contribution in [0, 0.1) is 0 Å². The molecule has 0 unspecified atom stereocenters. The van der Waals surface area contributed by atoms with Crippen LogP contribution in [0.3, 0.4) is 0 Å². The number of hydrogen-bond acceptors (Lipinski definition) is 2. The summed E-state index contributed by atoms with van der Waals surface area (Å²) in [6, 6.07) is 34.9. The lowest BCUT2D eigenvalue weighted by atomic mass is 10.0. The second-order valence-corrected chi connectivity index (χ2v) is 7.28. The molecular weight excluding hydrogens is 368 g/mol. The van der Waals surface area contributed by atoms with E-state index in [1.165, 1.54) is 16.7 Å². The molecule has 30 heavy (non-hydrogen) atoms. The first-order valence-corrected chi connectivity index (χ1v) is 9.98. The third-order valence-electron chi connectivity index (χ3n) is 5.37. The van der Waals surface area contributed by atoms with Crippen LogP contribution >= 0.6 is 0 Å². The van der Waals surface area contributed by atoms with Gasteiger partial charge in [-0.25, -0.2) is 4.98 Å². The molecule has 144 valence electrons. The zero-order valence-electron chi connectivity index (χ0n) is 16.4. The van der Waals surface area contributed by atoms with Crippen LogP contribution in [-0.4, -0.2) is 15.8 Å². The molecular formula is C27H20N2O. The quantitative estimate of drug-likeness (QED) is 0.335. The molecule has 0 N–H and O–H groups in total. The highest BCUT2D eigenvalue weighted by Crippen LogP contribution is 2.28. The number of para-hydroxylation sites is 1. The molecule has 0 bridgehead atoms. The Morgan fingerprint density at radius 1 is 0.667 bits per heavy atom. The Balaban J connectivity index is 1.59. The molecule has 0 radical (unpaired) electrons. The highest BCUT2D eigenvalue weighted by molar-refractivity contribution is 5.96. The van der Waals surface area contributed by atoms with E-state index in [2.05, 4.69) is 65.2 Å². The minimum atomic E-state index is 0.614. The Bertz CT molecular complexity index is 1300. The lowest BCUT2D eigenvalue weighted by Gasteiger charge is -2.11. The SMILES string of the molecule is O=Cc1cccc2c1nc(-c1ccccc1)n2Cc1ccc(-c2ccccc2)cc1. The Hall–Kier alpha value is -3.98. The number of fused-ring (bicyclic) bond motifs is 1. The second kappa shape index (κ2) is 7.80. The van der Waals surface area contributed by atoms with E-state index in [-0.39, 0.29) is 0 Å². The van der Waals surface area contributed by atoms with Crippen LogP contribution < -0.4 is 0 Å². The van der Waals surface area contributed by atoms with Crippen LogP contribution in [0.2, 0.25) is 0 Å². The van der Waals surface area contributed by atoms with Crippen LogP contribution in [0.4, 0.5) is 0 Å². The molecule has 0 spiro atoms. The van der Waals surface area contributed by atoms with Crippen molar-refractivity contribution in [2.45, 2.75) is 6.54 Å². The van der Waals surface area contributed by atoms with Gasteiger partial charge in [0, 0.05) is 17.7 Å². The molecule has 5 aromatic rings. The van der Waals surface area contributed by atoms with Gasteiger partial charge in [0.1, 0.15) is 5.82 Å². The van der Waals surface area contributed by atoms with E-state index in [0.29, 0.717) is 12.1 Å². The van der Waals surface area contributed by atoms with Crippen molar-refractivity contribution < 1.29 is 4.79 Å². The Kier molecular flexibility index (Phi) is 4.70. The van der Waals surface area contributed by atoms with Crippen LogP contribution in [0.5, 0.6) is 0 Å². The number of carbonyl (C=O) groups is 1. The van der Waals surface area contributed by atoms with Gasteiger partial charge in [-0.1, -0.05) is 91.0 Å². The van der Waals surface area contributed by atoms with Gasteiger partial charge < -0.3 is 4.57 Å². The number of aldehydes is 1. The first kappa shape index (κ1) is 18.1. The Morgan fingerprint density at radius 3 is 1.97 bits per heavy atom. The summed E-state index contributed by atoms with van der Waals surface area (Å²) >= 11 is 0. The first-order chi connectivity index (χ1) is 14.8. The molecule has 5 rings (SSSR count). The molecule has 0 amide bonds. The largest absolute Gasteiger partial charge is 0.319 e. The molecule has 0 saturated heterocycles. The lowest BCUT2D eigenvalue weighted by molar-refractivity contribution is 0.112. The number of benzene rings is 4. The average Bonchev–Trinajstić information content (AvgIpc) is 3.19. The van der Waals surface area contributed by atoms with Gasteiger partial charge in [-0.15, -0.1) is 0 Å². The molecule has 0 atom stereocenters. The van der Waals surface area contributed by atoms with Crippen molar-refractivity contribution in [1.29, 1.82) is 0 Å². The number of imidazole rings is 1. The van der Waals surface area contributed by atoms with Gasteiger partial charge >= 0.3 is 0 Å². The monoisotopic (exact) mass is 388 g/mol. The highest BCUT2D eigenvalue weighted by atomic mass is 16.1. The average molecular weight is 388 g/mol. The predicted octanol–water partition coefficient (Wildman–Crippen LogP) is 6.23. The maximum atomic E-state index is 11.6. The molecule has 4 aromatic carbocycles. The highest BCUT2D eigenvalue weighted by Gasteiger charge is 2.15. The Labute approximate surface area is 175 Å². The molecule has 0 saturated carbocycles. The maximum absolute atomic E-state index is 11.6. The molecule has 3 heteroatoms. The second-order valence-electron chi connectivity index (χ2n) is 7.28. The standard InChI is InChI=1S/C27H20N2O/c30-19-24-12-7-13-25-26(24)28-27(23-10-5-2-6-11-23)29(25)18-20-14-16-22(17-15-20)21-8-3-1-4-9-21/h1-17,19H,18H2. The van der Waals surface area contributed by atoms with Crippen molar-refractivity contribution in [3.63, 3.8) is 0 Å². The minimum absolute atomic E-state index is 0.614. The van der Waals surface area contributed by atoms with Gasteiger partial charge in [-0.05, 0) is 28.8 Å². The van der Waals surface area contributed by atoms with E-state index >= 15 is 0 Å². The van der Waals surface area contributed by atoms with E-state index < -0.39 is 0 Å². The number of aromatic nitrogens is 2. The number of rotatable bonds is 5. The van der Waals surface area contributed by atoms with Gasteiger partial charge in [-0.3, -0.25) is 4.79 Å². The van der Waals surface area contributed by atoms with Crippen molar-refractivity contribution in [2.24, 2.45) is 0 Å². The number of nitrogens with zero attached hydrogens (tertiary/aromatic N) is 2. The lowest BCUT2D eigenvalue weighted by Crippen LogP contribution is -2.02. The van der Waals surface area contributed by atoms with Crippen molar-refractivity contribution in [3.05, 3.63) is 114 Å².